The topological polar surface area (TPSA) is 44.4 Å². The fourth-order valence-corrected chi connectivity index (χ4v) is 1.78. The van der Waals surface area contributed by atoms with Crippen LogP contribution in [-0.4, -0.2) is 54.9 Å². The van der Waals surface area contributed by atoms with E-state index in [0.29, 0.717) is 32.7 Å². The molecule has 1 fully saturated rings. The number of rotatable bonds is 6. The summed E-state index contributed by atoms with van der Waals surface area (Å²) in [6.45, 7) is 2.65. The lowest BCUT2D eigenvalue weighted by molar-refractivity contribution is -0.0327. The van der Waals surface area contributed by atoms with Crippen LogP contribution < -0.4 is 10.6 Å². The van der Waals surface area contributed by atoms with E-state index >= 15 is 0 Å². The van der Waals surface area contributed by atoms with E-state index in [4.69, 9.17) is 0 Å². The second-order valence-corrected chi connectivity index (χ2v) is 4.42. The molecule has 1 saturated heterocycles. The van der Waals surface area contributed by atoms with Crippen LogP contribution in [0.3, 0.4) is 0 Å². The molecule has 94 valence electrons. The molecule has 2 amide bonds. The Bertz CT molecular complexity index is 237. The summed E-state index contributed by atoms with van der Waals surface area (Å²) in [5.41, 5.74) is -4.16. The highest BCUT2D eigenvalue weighted by Crippen LogP contribution is 2.29. The Morgan fingerprint density at radius 2 is 2.19 bits per heavy atom. The zero-order valence-electron chi connectivity index (χ0n) is 8.64. The molecule has 8 heteroatoms. The number of thioether (sulfide) groups is 1. The second kappa shape index (κ2) is 6.19. The maximum atomic E-state index is 11.7. The number of nitrogens with zero attached hydrogens (tertiary/aromatic N) is 1. The lowest BCUT2D eigenvalue weighted by atomic mass is 10.5. The standard InChI is InChI=1S/C8H14F3N3OS/c9-8(10,11)16-6-3-12-1-4-14-5-2-13-7(14)15/h12H,1-6H2,(H,13,15). The van der Waals surface area contributed by atoms with Crippen LogP contribution in [0.2, 0.25) is 0 Å². The summed E-state index contributed by atoms with van der Waals surface area (Å²) in [5.74, 6) is -0.00427. The average molecular weight is 257 g/mol. The maximum absolute atomic E-state index is 11.7. The Kier molecular flexibility index (Phi) is 5.20. The SMILES string of the molecule is O=C1NCCN1CCNCCSC(F)(F)F. The van der Waals surface area contributed by atoms with E-state index < -0.39 is 5.51 Å². The average Bonchev–Trinajstić information content (AvgIpc) is 2.56. The lowest BCUT2D eigenvalue weighted by Gasteiger charge is -2.14. The van der Waals surface area contributed by atoms with Gasteiger partial charge in [-0.15, -0.1) is 0 Å². The van der Waals surface area contributed by atoms with E-state index in [-0.39, 0.29) is 23.5 Å². The Morgan fingerprint density at radius 1 is 1.44 bits per heavy atom. The summed E-state index contributed by atoms with van der Waals surface area (Å²) in [4.78, 5) is 12.7. The summed E-state index contributed by atoms with van der Waals surface area (Å²) in [6.07, 6.45) is 0. The number of urea groups is 1. The van der Waals surface area contributed by atoms with Crippen LogP contribution in [0.4, 0.5) is 18.0 Å². The van der Waals surface area contributed by atoms with Gasteiger partial charge in [-0.25, -0.2) is 4.79 Å². The summed E-state index contributed by atoms with van der Waals surface area (Å²) < 4.78 is 35.2. The number of halogens is 3. The molecule has 4 nitrogen and oxygen atoms in total. The minimum atomic E-state index is -4.16. The number of alkyl halides is 3. The van der Waals surface area contributed by atoms with Gasteiger partial charge in [0.25, 0.3) is 0 Å². The maximum Gasteiger partial charge on any atom is 0.441 e. The van der Waals surface area contributed by atoms with Gasteiger partial charge in [0.1, 0.15) is 0 Å². The van der Waals surface area contributed by atoms with Gasteiger partial charge < -0.3 is 15.5 Å². The fraction of sp³-hybridized carbons (Fsp3) is 0.875. The van der Waals surface area contributed by atoms with Crippen LogP contribution in [-0.2, 0) is 0 Å². The summed E-state index contributed by atoms with van der Waals surface area (Å²) in [7, 11) is 0. The highest BCUT2D eigenvalue weighted by molar-refractivity contribution is 8.00. The van der Waals surface area contributed by atoms with Gasteiger partial charge in [0, 0.05) is 38.5 Å². The molecule has 1 aliphatic heterocycles. The first-order chi connectivity index (χ1) is 7.49. The van der Waals surface area contributed by atoms with Crippen molar-refractivity contribution in [3.8, 4) is 0 Å². The molecular weight excluding hydrogens is 243 g/mol. The molecule has 1 heterocycles. The fourth-order valence-electron chi connectivity index (χ4n) is 1.30. The predicted molar refractivity (Wildman–Crippen MR) is 56.4 cm³/mol. The van der Waals surface area contributed by atoms with Gasteiger partial charge in [0.15, 0.2) is 0 Å². The second-order valence-electron chi connectivity index (χ2n) is 3.26. The monoisotopic (exact) mass is 257 g/mol. The molecule has 0 atom stereocenters. The van der Waals surface area contributed by atoms with Crippen LogP contribution in [0.5, 0.6) is 0 Å². The van der Waals surface area contributed by atoms with Crippen LogP contribution in [0.15, 0.2) is 0 Å². The van der Waals surface area contributed by atoms with Gasteiger partial charge in [0.2, 0.25) is 0 Å². The van der Waals surface area contributed by atoms with Gasteiger partial charge >= 0.3 is 11.5 Å². The molecule has 0 unspecified atom stereocenters. The number of nitrogens with one attached hydrogen (secondary N) is 2. The minimum Gasteiger partial charge on any atom is -0.336 e. The van der Waals surface area contributed by atoms with E-state index in [1.54, 1.807) is 4.90 Å². The molecular formula is C8H14F3N3OS. The predicted octanol–water partition coefficient (Wildman–Crippen LogP) is 0.854. The largest absolute Gasteiger partial charge is 0.441 e. The van der Waals surface area contributed by atoms with Crippen LogP contribution in [0, 0.1) is 0 Å². The van der Waals surface area contributed by atoms with Crippen LogP contribution >= 0.6 is 11.8 Å². The van der Waals surface area contributed by atoms with Crippen molar-refractivity contribution < 1.29 is 18.0 Å². The first kappa shape index (κ1) is 13.4. The highest BCUT2D eigenvalue weighted by atomic mass is 32.2. The first-order valence-electron chi connectivity index (χ1n) is 4.93. The van der Waals surface area contributed by atoms with Crippen LogP contribution in [0.1, 0.15) is 0 Å². The summed E-state index contributed by atoms with van der Waals surface area (Å²) in [6, 6.07) is -0.105. The molecule has 0 spiro atoms. The van der Waals surface area contributed by atoms with Crippen molar-refractivity contribution >= 4 is 17.8 Å². The van der Waals surface area contributed by atoms with E-state index in [2.05, 4.69) is 10.6 Å². The van der Waals surface area contributed by atoms with Gasteiger partial charge in [-0.3, -0.25) is 0 Å². The van der Waals surface area contributed by atoms with Crippen LogP contribution in [0.25, 0.3) is 0 Å². The Hall–Kier alpha value is -0.630. The van der Waals surface area contributed by atoms with E-state index in [1.165, 1.54) is 0 Å². The molecule has 0 saturated carbocycles. The molecule has 2 N–H and O–H groups in total. The van der Waals surface area contributed by atoms with Gasteiger partial charge in [-0.05, 0) is 11.8 Å². The molecule has 1 aliphatic rings. The molecule has 0 aromatic carbocycles. The van der Waals surface area contributed by atoms with Gasteiger partial charge in [0.05, 0.1) is 0 Å². The lowest BCUT2D eigenvalue weighted by Crippen LogP contribution is -2.35. The van der Waals surface area contributed by atoms with Crippen molar-refractivity contribution in [2.45, 2.75) is 5.51 Å². The third-order valence-electron chi connectivity index (χ3n) is 2.05. The Labute approximate surface area is 95.9 Å². The number of hydrogen-bond acceptors (Lipinski definition) is 3. The van der Waals surface area contributed by atoms with E-state index in [1.807, 2.05) is 0 Å². The summed E-state index contributed by atoms with van der Waals surface area (Å²) >= 11 is -0.0386. The normalized spacial score (nSPS) is 16.7. The number of carbonyl (C=O) groups is 1. The van der Waals surface area contributed by atoms with Crippen molar-refractivity contribution in [3.63, 3.8) is 0 Å². The Morgan fingerprint density at radius 3 is 2.75 bits per heavy atom. The first-order valence-corrected chi connectivity index (χ1v) is 5.92. The molecule has 16 heavy (non-hydrogen) atoms. The van der Waals surface area contributed by atoms with Gasteiger partial charge in [-0.2, -0.15) is 13.2 Å². The molecule has 1 rings (SSSR count). The third kappa shape index (κ3) is 5.45. The number of hydrogen-bond donors (Lipinski definition) is 2. The van der Waals surface area contributed by atoms with Crippen molar-refractivity contribution in [3.05, 3.63) is 0 Å². The minimum absolute atomic E-state index is 0.00427. The molecule has 0 bridgehead atoms. The van der Waals surface area contributed by atoms with E-state index in [0.717, 1.165) is 0 Å². The van der Waals surface area contributed by atoms with Crippen molar-refractivity contribution in [1.82, 2.24) is 15.5 Å². The zero-order chi connectivity index (χ0) is 12.0. The van der Waals surface area contributed by atoms with Gasteiger partial charge in [-0.1, -0.05) is 0 Å². The van der Waals surface area contributed by atoms with Crippen molar-refractivity contribution in [2.24, 2.45) is 0 Å². The third-order valence-corrected chi connectivity index (χ3v) is 2.78. The van der Waals surface area contributed by atoms with E-state index in [9.17, 15) is 18.0 Å². The number of amides is 2. The number of carbonyl (C=O) groups excluding carboxylic acids is 1. The van der Waals surface area contributed by atoms with Crippen molar-refractivity contribution in [2.75, 3.05) is 38.5 Å². The molecule has 0 aromatic heterocycles. The molecule has 0 aromatic rings. The zero-order valence-corrected chi connectivity index (χ0v) is 9.46. The van der Waals surface area contributed by atoms with Crippen molar-refractivity contribution in [1.29, 1.82) is 0 Å². The molecule has 0 aliphatic carbocycles. The summed E-state index contributed by atoms with van der Waals surface area (Å²) in [5, 5.41) is 5.51. The highest BCUT2D eigenvalue weighted by Gasteiger charge is 2.27. The quantitative estimate of drug-likeness (QED) is 0.694. The Balaban J connectivity index is 1.94. The smallest absolute Gasteiger partial charge is 0.336 e. The molecule has 0 radical (unpaired) electrons.